The normalized spacial score (nSPS) is 14.1. The van der Waals surface area contributed by atoms with Gasteiger partial charge >= 0.3 is 5.97 Å². The molecule has 0 aromatic heterocycles. The van der Waals surface area contributed by atoms with Crippen molar-refractivity contribution in [3.8, 4) is 11.1 Å². The summed E-state index contributed by atoms with van der Waals surface area (Å²) in [7, 11) is 0.210. The van der Waals surface area contributed by atoms with Crippen molar-refractivity contribution in [3.63, 3.8) is 0 Å². The molecule has 2 aliphatic carbocycles. The molecule has 0 bridgehead atoms. The maximum atomic E-state index is 10.9. The van der Waals surface area contributed by atoms with Crippen LogP contribution in [0.25, 0.3) is 11.1 Å². The van der Waals surface area contributed by atoms with Gasteiger partial charge in [0.2, 0.25) is 0 Å². The molecule has 0 aromatic rings. The predicted octanol–water partition coefficient (Wildman–Crippen LogP) is 2.37. The number of methoxy groups -OCH3 is 1. The molecule has 2 unspecified atom stereocenters. The van der Waals surface area contributed by atoms with Crippen molar-refractivity contribution in [1.29, 1.82) is 0 Å². The van der Waals surface area contributed by atoms with Gasteiger partial charge in [0.1, 0.15) is 5.25 Å². The van der Waals surface area contributed by atoms with Gasteiger partial charge in [0.05, 0.1) is 7.11 Å². The number of carbonyl (C=O) groups excluding carboxylic acids is 1. The van der Waals surface area contributed by atoms with Crippen molar-refractivity contribution < 1.29 is 13.7 Å². The molecular weight excluding hydrogens is 236 g/mol. The van der Waals surface area contributed by atoms with Gasteiger partial charge in [-0.25, -0.2) is 0 Å². The Hall–Kier alpha value is -1.16. The summed E-state index contributed by atoms with van der Waals surface area (Å²) in [6.45, 7) is 1.95. The molecule has 0 heterocycles. The van der Waals surface area contributed by atoms with Crippen LogP contribution in [0.1, 0.15) is 19.8 Å². The van der Waals surface area contributed by atoms with Crippen molar-refractivity contribution in [2.45, 2.75) is 25.0 Å². The fourth-order valence-electron chi connectivity index (χ4n) is 1.49. The van der Waals surface area contributed by atoms with Crippen LogP contribution >= 0.6 is 0 Å². The van der Waals surface area contributed by atoms with E-state index in [9.17, 15) is 9.00 Å². The Morgan fingerprint density at radius 1 is 1.41 bits per heavy atom. The zero-order valence-corrected chi connectivity index (χ0v) is 11.3. The van der Waals surface area contributed by atoms with Crippen LogP contribution in [-0.4, -0.2) is 28.8 Å². The summed E-state index contributed by atoms with van der Waals surface area (Å²) in [4.78, 5) is 10.9. The number of esters is 1. The van der Waals surface area contributed by atoms with E-state index in [1.54, 1.807) is 0 Å². The zero-order chi connectivity index (χ0) is 12.8. The third kappa shape index (κ3) is 4.30. The van der Waals surface area contributed by atoms with E-state index in [4.69, 9.17) is 0 Å². The van der Waals surface area contributed by atoms with E-state index in [2.05, 4.69) is 29.0 Å². The van der Waals surface area contributed by atoms with E-state index in [1.165, 1.54) is 24.5 Å². The van der Waals surface area contributed by atoms with Gasteiger partial charge < -0.3 is 4.74 Å². The summed E-state index contributed by atoms with van der Waals surface area (Å²) < 4.78 is 15.4. The first-order valence-corrected chi connectivity index (χ1v) is 7.22. The quantitative estimate of drug-likeness (QED) is 0.787. The number of hydrogen-bond acceptors (Lipinski definition) is 3. The molecule has 0 fully saturated rings. The summed E-state index contributed by atoms with van der Waals surface area (Å²) in [5.74, 6) is -0.368. The first kappa shape index (κ1) is 13.9. The molecule has 94 valence electrons. The molecule has 4 heteroatoms. The third-order valence-electron chi connectivity index (χ3n) is 2.53. The maximum Gasteiger partial charge on any atom is 0.321 e. The van der Waals surface area contributed by atoms with Crippen molar-refractivity contribution in [2.24, 2.45) is 0 Å². The first-order chi connectivity index (χ1) is 8.10. The molecular formula is C13H18O3S. The minimum absolute atomic E-state index is 0.368. The van der Waals surface area contributed by atoms with E-state index >= 15 is 0 Å². The molecule has 0 aromatic carbocycles. The summed E-state index contributed by atoms with van der Waals surface area (Å²) in [5, 5.41) is -0.440. The number of fused-ring (bicyclic) bond motifs is 1. The average Bonchev–Trinajstić information content (AvgIpc) is 2.92. The Kier molecular flexibility index (Phi) is 5.35. The highest BCUT2D eigenvalue weighted by Gasteiger charge is 2.21. The molecule has 2 atom stereocenters. The summed E-state index contributed by atoms with van der Waals surface area (Å²) >= 11 is 0. The van der Waals surface area contributed by atoms with Crippen LogP contribution in [0.3, 0.4) is 0 Å². The smallest absolute Gasteiger partial charge is 0.321 e. The second-order valence-electron chi connectivity index (χ2n) is 3.88. The van der Waals surface area contributed by atoms with E-state index in [-0.39, 0.29) is 5.97 Å². The van der Waals surface area contributed by atoms with Crippen LogP contribution in [-0.2, 0) is 20.3 Å². The van der Waals surface area contributed by atoms with Crippen molar-refractivity contribution in [3.05, 3.63) is 24.3 Å². The monoisotopic (exact) mass is 254 g/mol. The van der Waals surface area contributed by atoms with Crippen LogP contribution in [0.15, 0.2) is 24.3 Å². The van der Waals surface area contributed by atoms with Gasteiger partial charge in [-0.05, 0) is 23.6 Å². The lowest BCUT2D eigenvalue weighted by molar-refractivity contribution is -0.140. The standard InChI is InChI=1S/C7H14O3S.C6H4/c1-4-5-6(11(3)9)7(8)10-2;1-2-5-4-6(5)3-1/h6H,4-5H2,1-3H3;1-4H. The highest BCUT2D eigenvalue weighted by molar-refractivity contribution is 7.85. The van der Waals surface area contributed by atoms with Gasteiger partial charge in [0, 0.05) is 17.1 Å². The number of carbonyl (C=O) groups is 1. The van der Waals surface area contributed by atoms with Crippen molar-refractivity contribution in [1.82, 2.24) is 0 Å². The summed E-state index contributed by atoms with van der Waals surface area (Å²) in [6.07, 6.45) is 3.01. The Bertz CT molecular complexity index is 398. The van der Waals surface area contributed by atoms with Crippen LogP contribution in [0, 0.1) is 0 Å². The maximum absolute atomic E-state index is 10.9. The minimum Gasteiger partial charge on any atom is -0.468 e. The number of ether oxygens (including phenoxy) is 1. The largest absolute Gasteiger partial charge is 0.468 e. The topological polar surface area (TPSA) is 43.4 Å². The molecule has 17 heavy (non-hydrogen) atoms. The van der Waals surface area contributed by atoms with Gasteiger partial charge in [-0.3, -0.25) is 9.00 Å². The van der Waals surface area contributed by atoms with Crippen LogP contribution in [0.4, 0.5) is 0 Å². The van der Waals surface area contributed by atoms with Crippen molar-refractivity contribution >= 4 is 16.8 Å². The van der Waals surface area contributed by atoms with Crippen LogP contribution in [0.2, 0.25) is 0 Å². The average molecular weight is 254 g/mol. The molecule has 0 saturated heterocycles. The number of hydrogen-bond donors (Lipinski definition) is 0. The minimum atomic E-state index is -1.11. The predicted molar refractivity (Wildman–Crippen MR) is 70.2 cm³/mol. The number of rotatable bonds is 4. The Labute approximate surface area is 105 Å². The molecule has 0 spiro atoms. The molecule has 0 amide bonds. The zero-order valence-electron chi connectivity index (χ0n) is 10.4. The Balaban J connectivity index is 0.000000196. The molecule has 2 aliphatic rings. The fourth-order valence-corrected chi connectivity index (χ4v) is 2.42. The molecule has 0 aliphatic heterocycles. The van der Waals surface area contributed by atoms with E-state index in [1.807, 2.05) is 6.92 Å². The van der Waals surface area contributed by atoms with Gasteiger partial charge in [0.15, 0.2) is 0 Å². The van der Waals surface area contributed by atoms with Crippen LogP contribution in [0.5, 0.6) is 0 Å². The second kappa shape index (κ2) is 6.55. The Morgan fingerprint density at radius 3 is 2.24 bits per heavy atom. The molecule has 3 nitrogen and oxygen atoms in total. The van der Waals surface area contributed by atoms with E-state index in [0.29, 0.717) is 6.42 Å². The molecule has 0 N–H and O–H groups in total. The highest BCUT2D eigenvalue weighted by Crippen LogP contribution is 2.32. The van der Waals surface area contributed by atoms with E-state index in [0.717, 1.165) is 6.42 Å². The van der Waals surface area contributed by atoms with E-state index < -0.39 is 16.0 Å². The molecule has 2 rings (SSSR count). The van der Waals surface area contributed by atoms with Gasteiger partial charge in [-0.2, -0.15) is 0 Å². The first-order valence-electron chi connectivity index (χ1n) is 5.60. The highest BCUT2D eigenvalue weighted by atomic mass is 32.2. The molecule has 0 saturated carbocycles. The third-order valence-corrected chi connectivity index (χ3v) is 3.76. The fraction of sp³-hybridized carbons (Fsp3) is 0.462. The lowest BCUT2D eigenvalue weighted by atomic mass is 10.2. The van der Waals surface area contributed by atoms with Gasteiger partial charge in [-0.1, -0.05) is 31.5 Å². The van der Waals surface area contributed by atoms with Gasteiger partial charge in [0.25, 0.3) is 0 Å². The summed E-state index contributed by atoms with van der Waals surface area (Å²) in [5.41, 5.74) is 2.85. The Morgan fingerprint density at radius 2 is 2.00 bits per heavy atom. The van der Waals surface area contributed by atoms with Crippen molar-refractivity contribution in [2.75, 3.05) is 13.4 Å². The number of benzene rings is 1. The second-order valence-corrected chi connectivity index (χ2v) is 5.45. The lowest BCUT2D eigenvalue weighted by Crippen LogP contribution is -2.26. The lowest BCUT2D eigenvalue weighted by Gasteiger charge is -2.09. The summed E-state index contributed by atoms with van der Waals surface area (Å²) in [6, 6.07) is 8.48. The van der Waals surface area contributed by atoms with Gasteiger partial charge in [-0.15, -0.1) is 0 Å². The SMILES string of the molecule is CCCC(C(=O)OC)S(C)=O.c1cc2cc-2c1. The van der Waals surface area contributed by atoms with Crippen LogP contribution < -0.4 is 0 Å². The molecule has 0 radical (unpaired) electrons.